The molecule has 102 valence electrons. The fourth-order valence-corrected chi connectivity index (χ4v) is 2.44. The van der Waals surface area contributed by atoms with Gasteiger partial charge in [0.15, 0.2) is 0 Å². The number of halogens is 2. The van der Waals surface area contributed by atoms with Gasteiger partial charge in [-0.2, -0.15) is 0 Å². The quantitative estimate of drug-likeness (QED) is 0.748. The van der Waals surface area contributed by atoms with E-state index in [1.165, 1.54) is 6.07 Å². The summed E-state index contributed by atoms with van der Waals surface area (Å²) in [5.41, 5.74) is 6.00. The standard InChI is InChI=1S/C14H21ClFNO/c1-2-3-4-8-13(18)10(9-17)14-11(15)6-5-7-12(14)16/h5-7,10,13,18H,2-4,8-9,17H2,1H3. The van der Waals surface area contributed by atoms with Crippen molar-refractivity contribution < 1.29 is 9.50 Å². The zero-order valence-corrected chi connectivity index (χ0v) is 11.5. The minimum atomic E-state index is -0.643. The molecule has 1 aromatic rings. The minimum absolute atomic E-state index is 0.188. The van der Waals surface area contributed by atoms with Crippen LogP contribution >= 0.6 is 11.6 Å². The highest BCUT2D eigenvalue weighted by molar-refractivity contribution is 6.31. The van der Waals surface area contributed by atoms with Crippen LogP contribution in [-0.2, 0) is 0 Å². The highest BCUT2D eigenvalue weighted by Crippen LogP contribution is 2.30. The van der Waals surface area contributed by atoms with E-state index in [1.807, 2.05) is 0 Å². The molecule has 0 fully saturated rings. The van der Waals surface area contributed by atoms with Gasteiger partial charge in [0.25, 0.3) is 0 Å². The number of hydrogen-bond donors (Lipinski definition) is 2. The van der Waals surface area contributed by atoms with Crippen LogP contribution < -0.4 is 5.73 Å². The van der Waals surface area contributed by atoms with Gasteiger partial charge in [-0.3, -0.25) is 0 Å². The molecule has 1 rings (SSSR count). The molecule has 0 spiro atoms. The van der Waals surface area contributed by atoms with Gasteiger partial charge >= 0.3 is 0 Å². The van der Waals surface area contributed by atoms with E-state index >= 15 is 0 Å². The van der Waals surface area contributed by atoms with Crippen LogP contribution in [0.3, 0.4) is 0 Å². The lowest BCUT2D eigenvalue weighted by molar-refractivity contribution is 0.131. The van der Waals surface area contributed by atoms with Crippen molar-refractivity contribution in [1.29, 1.82) is 0 Å². The van der Waals surface area contributed by atoms with E-state index in [9.17, 15) is 9.50 Å². The van der Waals surface area contributed by atoms with Gasteiger partial charge in [-0.25, -0.2) is 4.39 Å². The van der Waals surface area contributed by atoms with Crippen molar-refractivity contribution in [2.75, 3.05) is 6.54 Å². The zero-order valence-electron chi connectivity index (χ0n) is 10.7. The SMILES string of the molecule is CCCCCC(O)C(CN)c1c(F)cccc1Cl. The van der Waals surface area contributed by atoms with Crippen LogP contribution in [0.15, 0.2) is 18.2 Å². The van der Waals surface area contributed by atoms with Crippen molar-refractivity contribution in [2.24, 2.45) is 5.73 Å². The van der Waals surface area contributed by atoms with Gasteiger partial charge in [0.2, 0.25) is 0 Å². The molecule has 18 heavy (non-hydrogen) atoms. The fraction of sp³-hybridized carbons (Fsp3) is 0.571. The lowest BCUT2D eigenvalue weighted by Crippen LogP contribution is -2.27. The maximum Gasteiger partial charge on any atom is 0.128 e. The van der Waals surface area contributed by atoms with Crippen LogP contribution in [0, 0.1) is 5.82 Å². The van der Waals surface area contributed by atoms with Crippen molar-refractivity contribution in [3.8, 4) is 0 Å². The normalized spacial score (nSPS) is 14.5. The Hall–Kier alpha value is -0.640. The van der Waals surface area contributed by atoms with E-state index < -0.39 is 17.8 Å². The van der Waals surface area contributed by atoms with Crippen molar-refractivity contribution in [2.45, 2.75) is 44.6 Å². The van der Waals surface area contributed by atoms with Crippen molar-refractivity contribution in [3.63, 3.8) is 0 Å². The zero-order chi connectivity index (χ0) is 13.5. The van der Waals surface area contributed by atoms with Gasteiger partial charge in [0.05, 0.1) is 6.10 Å². The molecule has 0 aliphatic carbocycles. The van der Waals surface area contributed by atoms with Gasteiger partial charge in [-0.05, 0) is 18.6 Å². The highest BCUT2D eigenvalue weighted by atomic mass is 35.5. The molecule has 3 N–H and O–H groups in total. The van der Waals surface area contributed by atoms with Gasteiger partial charge in [-0.15, -0.1) is 0 Å². The summed E-state index contributed by atoms with van der Waals surface area (Å²) in [4.78, 5) is 0. The summed E-state index contributed by atoms with van der Waals surface area (Å²) in [5, 5.41) is 10.5. The van der Waals surface area contributed by atoms with E-state index in [0.29, 0.717) is 17.0 Å². The van der Waals surface area contributed by atoms with E-state index in [1.54, 1.807) is 12.1 Å². The second-order valence-electron chi connectivity index (χ2n) is 4.54. The molecule has 0 saturated heterocycles. The molecule has 0 aromatic heterocycles. The first-order valence-electron chi connectivity index (χ1n) is 6.43. The Morgan fingerprint density at radius 1 is 1.39 bits per heavy atom. The van der Waals surface area contributed by atoms with Crippen LogP contribution in [-0.4, -0.2) is 17.8 Å². The van der Waals surface area contributed by atoms with Crippen molar-refractivity contribution in [1.82, 2.24) is 0 Å². The lowest BCUT2D eigenvalue weighted by Gasteiger charge is -2.23. The Morgan fingerprint density at radius 3 is 2.67 bits per heavy atom. The maximum absolute atomic E-state index is 13.8. The predicted octanol–water partition coefficient (Wildman–Crippen LogP) is 3.46. The number of rotatable bonds is 7. The molecular formula is C14H21ClFNO. The summed E-state index contributed by atoms with van der Waals surface area (Å²) in [6, 6.07) is 4.53. The van der Waals surface area contributed by atoms with Crippen molar-refractivity contribution >= 4 is 11.6 Å². The van der Waals surface area contributed by atoms with Gasteiger partial charge in [-0.1, -0.05) is 43.9 Å². The fourth-order valence-electron chi connectivity index (χ4n) is 2.14. The molecule has 0 heterocycles. The van der Waals surface area contributed by atoms with Crippen LogP contribution in [0.4, 0.5) is 4.39 Å². The molecule has 0 amide bonds. The molecule has 0 bridgehead atoms. The second-order valence-corrected chi connectivity index (χ2v) is 4.95. The van der Waals surface area contributed by atoms with Crippen LogP contribution in [0.5, 0.6) is 0 Å². The van der Waals surface area contributed by atoms with Crippen molar-refractivity contribution in [3.05, 3.63) is 34.6 Å². The minimum Gasteiger partial charge on any atom is -0.392 e. The van der Waals surface area contributed by atoms with Crippen LogP contribution in [0.1, 0.15) is 44.1 Å². The third-order valence-corrected chi connectivity index (χ3v) is 3.52. The molecule has 0 radical (unpaired) electrons. The monoisotopic (exact) mass is 273 g/mol. The first-order chi connectivity index (χ1) is 8.61. The Kier molecular flexibility index (Phi) is 6.61. The Morgan fingerprint density at radius 2 is 2.11 bits per heavy atom. The summed E-state index contributed by atoms with van der Waals surface area (Å²) in [5.74, 6) is -0.831. The predicted molar refractivity (Wildman–Crippen MR) is 73.4 cm³/mol. The van der Waals surface area contributed by atoms with Gasteiger partial charge < -0.3 is 10.8 Å². The number of nitrogens with two attached hydrogens (primary N) is 1. The maximum atomic E-state index is 13.8. The molecule has 0 aliphatic heterocycles. The number of aliphatic hydroxyl groups excluding tert-OH is 1. The molecule has 4 heteroatoms. The summed E-state index contributed by atoms with van der Waals surface area (Å²) < 4.78 is 13.8. The molecule has 0 aliphatic rings. The van der Waals surface area contributed by atoms with Crippen LogP contribution in [0.2, 0.25) is 5.02 Å². The summed E-state index contributed by atoms with van der Waals surface area (Å²) >= 11 is 6.00. The third-order valence-electron chi connectivity index (χ3n) is 3.19. The Labute approximate surface area is 113 Å². The molecule has 2 atom stereocenters. The van der Waals surface area contributed by atoms with Crippen LogP contribution in [0.25, 0.3) is 0 Å². The number of unbranched alkanes of at least 4 members (excludes halogenated alkanes) is 2. The summed E-state index contributed by atoms with van der Waals surface area (Å²) in [6.45, 7) is 2.29. The average Bonchev–Trinajstić information content (AvgIpc) is 2.34. The molecule has 1 aromatic carbocycles. The highest BCUT2D eigenvalue weighted by Gasteiger charge is 2.24. The number of benzene rings is 1. The van der Waals surface area contributed by atoms with E-state index in [2.05, 4.69) is 6.92 Å². The topological polar surface area (TPSA) is 46.2 Å². The molecular weight excluding hydrogens is 253 g/mol. The lowest BCUT2D eigenvalue weighted by atomic mass is 9.90. The first kappa shape index (κ1) is 15.4. The molecule has 0 saturated carbocycles. The summed E-state index contributed by atoms with van der Waals surface area (Å²) in [6.07, 6.45) is 3.04. The molecule has 2 unspecified atom stereocenters. The number of aliphatic hydroxyl groups is 1. The average molecular weight is 274 g/mol. The van der Waals surface area contributed by atoms with Gasteiger partial charge in [0, 0.05) is 23.0 Å². The smallest absolute Gasteiger partial charge is 0.128 e. The Bertz CT molecular complexity index is 353. The first-order valence-corrected chi connectivity index (χ1v) is 6.81. The van der Waals surface area contributed by atoms with E-state index in [0.717, 1.165) is 19.3 Å². The number of hydrogen-bond acceptors (Lipinski definition) is 2. The third kappa shape index (κ3) is 3.94. The molecule has 2 nitrogen and oxygen atoms in total. The summed E-state index contributed by atoms with van der Waals surface area (Å²) in [7, 11) is 0. The Balaban J connectivity index is 2.82. The largest absolute Gasteiger partial charge is 0.392 e. The van der Waals surface area contributed by atoms with E-state index in [-0.39, 0.29) is 6.54 Å². The second kappa shape index (κ2) is 7.72. The van der Waals surface area contributed by atoms with E-state index in [4.69, 9.17) is 17.3 Å². The van der Waals surface area contributed by atoms with Gasteiger partial charge in [0.1, 0.15) is 5.82 Å².